The van der Waals surface area contributed by atoms with Crippen molar-refractivity contribution < 1.29 is 4.79 Å². The quantitative estimate of drug-likeness (QED) is 0.883. The summed E-state index contributed by atoms with van der Waals surface area (Å²) in [5, 5.41) is 4.34. The maximum absolute atomic E-state index is 12.6. The second kappa shape index (κ2) is 7.78. The van der Waals surface area contributed by atoms with E-state index < -0.39 is 0 Å². The Labute approximate surface area is 151 Å². The van der Waals surface area contributed by atoms with Crippen molar-refractivity contribution in [2.24, 2.45) is 5.92 Å². The Kier molecular flexibility index (Phi) is 5.71. The average Bonchev–Trinajstić information content (AvgIpc) is 2.94. The number of benzene rings is 1. The summed E-state index contributed by atoms with van der Waals surface area (Å²) in [6.45, 7) is 3.94. The lowest BCUT2D eigenvalue weighted by molar-refractivity contribution is -0.121. The third kappa shape index (κ3) is 4.45. The molecule has 1 aliphatic heterocycles. The van der Waals surface area contributed by atoms with Gasteiger partial charge in [-0.2, -0.15) is 0 Å². The largest absolute Gasteiger partial charge is 0.308 e. The van der Waals surface area contributed by atoms with Crippen LogP contribution in [0.1, 0.15) is 12.8 Å². The van der Waals surface area contributed by atoms with Crippen LogP contribution in [0.15, 0.2) is 18.2 Å². The molecule has 0 radical (unpaired) electrons. The summed E-state index contributed by atoms with van der Waals surface area (Å²) in [7, 11) is 4.15. The Morgan fingerprint density at radius 2 is 2.33 bits per heavy atom. The third-order valence-corrected chi connectivity index (χ3v) is 5.49. The molecule has 24 heavy (non-hydrogen) atoms. The van der Waals surface area contributed by atoms with Crippen molar-refractivity contribution in [2.45, 2.75) is 12.8 Å². The highest BCUT2D eigenvalue weighted by Gasteiger charge is 2.26. The molecule has 1 amide bonds. The first-order chi connectivity index (χ1) is 11.5. The van der Waals surface area contributed by atoms with Gasteiger partial charge in [0.05, 0.1) is 16.1 Å². The predicted octanol–water partition coefficient (Wildman–Crippen LogP) is 3.16. The summed E-state index contributed by atoms with van der Waals surface area (Å²) in [6, 6.07) is 5.58. The van der Waals surface area contributed by atoms with Gasteiger partial charge in [0.2, 0.25) is 5.91 Å². The van der Waals surface area contributed by atoms with Crippen LogP contribution in [-0.4, -0.2) is 61.0 Å². The molecule has 5 nitrogen and oxygen atoms in total. The molecule has 1 N–H and O–H groups in total. The molecule has 1 unspecified atom stereocenters. The number of likely N-dealkylation sites (N-methyl/N-ethyl adjacent to an activating group) is 1. The van der Waals surface area contributed by atoms with E-state index in [4.69, 9.17) is 11.6 Å². The van der Waals surface area contributed by atoms with E-state index in [2.05, 4.69) is 34.2 Å². The monoisotopic (exact) mass is 366 g/mol. The molecule has 0 bridgehead atoms. The molecule has 3 rings (SSSR count). The molecule has 2 aromatic rings. The van der Waals surface area contributed by atoms with Crippen molar-refractivity contribution in [3.8, 4) is 0 Å². The highest BCUT2D eigenvalue weighted by Crippen LogP contribution is 2.29. The Morgan fingerprint density at radius 3 is 3.12 bits per heavy atom. The van der Waals surface area contributed by atoms with Gasteiger partial charge in [0.25, 0.3) is 0 Å². The lowest BCUT2D eigenvalue weighted by atomic mass is 9.97. The van der Waals surface area contributed by atoms with Gasteiger partial charge in [-0.1, -0.05) is 22.9 Å². The number of halogens is 1. The van der Waals surface area contributed by atoms with Crippen molar-refractivity contribution in [1.29, 1.82) is 0 Å². The molecule has 2 heterocycles. The van der Waals surface area contributed by atoms with Gasteiger partial charge in [-0.3, -0.25) is 4.79 Å². The second-order valence-corrected chi connectivity index (χ2v) is 8.03. The molecule has 1 fully saturated rings. The minimum atomic E-state index is 0.0384. The number of hydrogen-bond acceptors (Lipinski definition) is 5. The topological polar surface area (TPSA) is 48.5 Å². The minimum Gasteiger partial charge on any atom is -0.308 e. The van der Waals surface area contributed by atoms with Crippen LogP contribution in [0.4, 0.5) is 5.13 Å². The van der Waals surface area contributed by atoms with Crippen molar-refractivity contribution in [2.75, 3.05) is 45.6 Å². The fraction of sp³-hybridized carbons (Fsp3) is 0.529. The molecule has 7 heteroatoms. The molecule has 1 aromatic heterocycles. The van der Waals surface area contributed by atoms with Crippen LogP contribution >= 0.6 is 22.9 Å². The minimum absolute atomic E-state index is 0.0384. The second-order valence-electron chi connectivity index (χ2n) is 6.56. The van der Waals surface area contributed by atoms with E-state index in [0.29, 0.717) is 10.2 Å². The Hall–Kier alpha value is -1.21. The number of likely N-dealkylation sites (tertiary alicyclic amines) is 1. The van der Waals surface area contributed by atoms with E-state index >= 15 is 0 Å². The van der Waals surface area contributed by atoms with Crippen LogP contribution in [-0.2, 0) is 4.79 Å². The van der Waals surface area contributed by atoms with Gasteiger partial charge in [-0.25, -0.2) is 4.98 Å². The molecule has 1 aliphatic rings. The zero-order valence-corrected chi connectivity index (χ0v) is 15.7. The number of rotatable bonds is 5. The van der Waals surface area contributed by atoms with E-state index in [1.54, 1.807) is 0 Å². The van der Waals surface area contributed by atoms with Crippen LogP contribution in [0.3, 0.4) is 0 Å². The molecule has 0 spiro atoms. The number of hydrogen-bond donors (Lipinski definition) is 1. The van der Waals surface area contributed by atoms with Gasteiger partial charge in [0.15, 0.2) is 5.13 Å². The summed E-state index contributed by atoms with van der Waals surface area (Å²) < 4.78 is 0.994. The number of aromatic nitrogens is 1. The van der Waals surface area contributed by atoms with E-state index in [9.17, 15) is 4.79 Å². The zero-order valence-electron chi connectivity index (χ0n) is 14.1. The van der Waals surface area contributed by atoms with Crippen molar-refractivity contribution in [3.63, 3.8) is 0 Å². The number of thiazole rings is 1. The highest BCUT2D eigenvalue weighted by atomic mass is 35.5. The third-order valence-electron chi connectivity index (χ3n) is 4.32. The number of nitrogens with one attached hydrogen (secondary N) is 1. The zero-order chi connectivity index (χ0) is 17.1. The van der Waals surface area contributed by atoms with Crippen LogP contribution in [0.5, 0.6) is 0 Å². The highest BCUT2D eigenvalue weighted by molar-refractivity contribution is 7.22. The number of carbonyl (C=O) groups is 1. The summed E-state index contributed by atoms with van der Waals surface area (Å²) in [5.74, 6) is 0.117. The van der Waals surface area contributed by atoms with Crippen molar-refractivity contribution >= 4 is 44.2 Å². The number of carbonyl (C=O) groups excluding carboxylic acids is 1. The molecule has 130 valence electrons. The van der Waals surface area contributed by atoms with Gasteiger partial charge in [0, 0.05) is 24.7 Å². The average molecular weight is 367 g/mol. The Bertz CT molecular complexity index is 718. The van der Waals surface area contributed by atoms with E-state index in [1.165, 1.54) is 11.3 Å². The number of nitrogens with zero attached hydrogens (tertiary/aromatic N) is 3. The molecular weight excluding hydrogens is 344 g/mol. The number of fused-ring (bicyclic) bond motifs is 1. The van der Waals surface area contributed by atoms with E-state index in [-0.39, 0.29) is 11.8 Å². The molecule has 1 saturated heterocycles. The predicted molar refractivity (Wildman–Crippen MR) is 101 cm³/mol. The van der Waals surface area contributed by atoms with E-state index in [1.807, 2.05) is 18.2 Å². The van der Waals surface area contributed by atoms with Gasteiger partial charge in [-0.05, 0) is 51.7 Å². The van der Waals surface area contributed by atoms with Gasteiger partial charge in [0.1, 0.15) is 0 Å². The van der Waals surface area contributed by atoms with Crippen molar-refractivity contribution in [1.82, 2.24) is 14.8 Å². The van der Waals surface area contributed by atoms with Crippen LogP contribution in [0, 0.1) is 5.92 Å². The fourth-order valence-electron chi connectivity index (χ4n) is 2.97. The first kappa shape index (κ1) is 17.6. The first-order valence-electron chi connectivity index (χ1n) is 8.25. The lowest BCUT2D eigenvalue weighted by Gasteiger charge is -2.32. The molecule has 0 aliphatic carbocycles. The normalized spacial score (nSPS) is 19.1. The maximum atomic E-state index is 12.6. The molecular formula is C17H23ClN4OS. The van der Waals surface area contributed by atoms with E-state index in [0.717, 1.165) is 49.2 Å². The standard InChI is InChI=1S/C17H23ClN4OS/c1-21(2)8-9-22-7-3-4-12(11-22)16(23)20-17-19-14-6-5-13(18)10-15(14)24-17/h5-6,10,12H,3-4,7-9,11H2,1-2H3,(H,19,20,23). The smallest absolute Gasteiger partial charge is 0.230 e. The summed E-state index contributed by atoms with van der Waals surface area (Å²) in [5.41, 5.74) is 0.871. The SMILES string of the molecule is CN(C)CCN1CCCC(C(=O)Nc2nc3ccc(Cl)cc3s2)C1. The Balaban J connectivity index is 1.60. The summed E-state index contributed by atoms with van der Waals surface area (Å²) in [6.07, 6.45) is 2.02. The maximum Gasteiger partial charge on any atom is 0.230 e. The molecule has 0 saturated carbocycles. The lowest BCUT2D eigenvalue weighted by Crippen LogP contribution is -2.43. The van der Waals surface area contributed by atoms with Crippen LogP contribution in [0.25, 0.3) is 10.2 Å². The van der Waals surface area contributed by atoms with Gasteiger partial charge < -0.3 is 15.1 Å². The summed E-state index contributed by atoms with van der Waals surface area (Å²) in [4.78, 5) is 21.6. The van der Waals surface area contributed by atoms with Gasteiger partial charge in [-0.15, -0.1) is 0 Å². The summed E-state index contributed by atoms with van der Waals surface area (Å²) >= 11 is 7.48. The van der Waals surface area contributed by atoms with Crippen molar-refractivity contribution in [3.05, 3.63) is 23.2 Å². The number of anilines is 1. The van der Waals surface area contributed by atoms with Crippen LogP contribution < -0.4 is 5.32 Å². The fourth-order valence-corrected chi connectivity index (χ4v) is 4.12. The number of amides is 1. The van der Waals surface area contributed by atoms with Crippen LogP contribution in [0.2, 0.25) is 5.02 Å². The molecule has 1 atom stereocenters. The molecule has 1 aromatic carbocycles. The number of piperidine rings is 1. The van der Waals surface area contributed by atoms with Gasteiger partial charge >= 0.3 is 0 Å². The first-order valence-corrected chi connectivity index (χ1v) is 9.45. The Morgan fingerprint density at radius 1 is 1.50 bits per heavy atom.